The highest BCUT2D eigenvalue weighted by Crippen LogP contribution is 2.37. The van der Waals surface area contributed by atoms with Crippen LogP contribution in [0.1, 0.15) is 23.7 Å². The maximum Gasteiger partial charge on any atom is 0.312 e. The number of para-hydroxylation sites is 1. The first-order valence-corrected chi connectivity index (χ1v) is 7.41. The number of ether oxygens (including phenoxy) is 1. The number of carboxylic acid groups (broad SMARTS) is 1. The summed E-state index contributed by atoms with van der Waals surface area (Å²) in [5.74, 6) is -0.823. The van der Waals surface area contributed by atoms with Crippen LogP contribution in [0.25, 0.3) is 0 Å². The number of hydrogen-bond acceptors (Lipinski definition) is 3. The predicted molar refractivity (Wildman–Crippen MR) is 83.2 cm³/mol. The topological polar surface area (TPSA) is 71.8 Å². The Labute approximate surface area is 133 Å². The van der Waals surface area contributed by atoms with E-state index in [0.29, 0.717) is 18.8 Å². The van der Waals surface area contributed by atoms with Crippen molar-refractivity contribution in [2.24, 2.45) is 0 Å². The van der Waals surface area contributed by atoms with E-state index in [1.165, 1.54) is 0 Å². The number of methoxy groups -OCH3 is 1. The number of carbonyl (C=O) groups is 2. The molecule has 0 unspecified atom stereocenters. The molecule has 23 heavy (non-hydrogen) atoms. The van der Waals surface area contributed by atoms with Crippen molar-refractivity contribution in [2.75, 3.05) is 13.7 Å². The Morgan fingerprint density at radius 1 is 1.22 bits per heavy atom. The smallest absolute Gasteiger partial charge is 0.312 e. The molecule has 1 aromatic carbocycles. The maximum atomic E-state index is 12.4. The van der Waals surface area contributed by atoms with E-state index in [1.54, 1.807) is 12.0 Å². The highest BCUT2D eigenvalue weighted by atomic mass is 16.5. The third kappa shape index (κ3) is 2.79. The number of nitrogens with zero attached hydrogens (tertiary/aromatic N) is 2. The molecule has 1 N–H and O–H groups in total. The van der Waals surface area contributed by atoms with Crippen molar-refractivity contribution < 1.29 is 19.4 Å². The summed E-state index contributed by atoms with van der Waals surface area (Å²) in [5, 5.41) is 8.95. The van der Waals surface area contributed by atoms with Gasteiger partial charge in [-0.2, -0.15) is 0 Å². The largest absolute Gasteiger partial charge is 0.496 e. The molecule has 0 saturated heterocycles. The van der Waals surface area contributed by atoms with E-state index in [9.17, 15) is 9.59 Å². The lowest BCUT2D eigenvalue weighted by atomic mass is 9.98. The van der Waals surface area contributed by atoms with Crippen molar-refractivity contribution in [1.29, 1.82) is 0 Å². The Bertz CT molecular complexity index is 738. The lowest BCUT2D eigenvalue weighted by Gasteiger charge is -2.37. The average Bonchev–Trinajstić information content (AvgIpc) is 3.01. The van der Waals surface area contributed by atoms with E-state index in [2.05, 4.69) is 4.57 Å². The van der Waals surface area contributed by atoms with Crippen molar-refractivity contribution in [3.05, 3.63) is 53.9 Å². The van der Waals surface area contributed by atoms with Crippen molar-refractivity contribution in [1.82, 2.24) is 9.47 Å². The van der Waals surface area contributed by atoms with E-state index >= 15 is 0 Å². The summed E-state index contributed by atoms with van der Waals surface area (Å²) in [7, 11) is 1.59. The molecular weight excluding hydrogens is 296 g/mol. The highest BCUT2D eigenvalue weighted by Gasteiger charge is 2.34. The molecule has 0 radical (unpaired) electrons. The average molecular weight is 314 g/mol. The van der Waals surface area contributed by atoms with Gasteiger partial charge in [0.25, 0.3) is 0 Å². The minimum atomic E-state index is -1.12. The summed E-state index contributed by atoms with van der Waals surface area (Å²) in [6, 6.07) is 11.1. The molecule has 1 aliphatic rings. The molecule has 0 saturated carbocycles. The Hall–Kier alpha value is -2.76. The number of benzene rings is 1. The number of aromatic nitrogens is 1. The van der Waals surface area contributed by atoms with Crippen LogP contribution in [-0.4, -0.2) is 40.1 Å². The normalized spacial score (nSPS) is 16.7. The molecule has 1 aromatic heterocycles. The summed E-state index contributed by atoms with van der Waals surface area (Å²) >= 11 is 0. The van der Waals surface area contributed by atoms with Crippen LogP contribution in [0, 0.1) is 0 Å². The molecule has 2 aromatic rings. The number of hydrogen-bond donors (Lipinski definition) is 1. The molecule has 1 amide bonds. The molecule has 1 atom stereocenters. The molecule has 6 nitrogen and oxygen atoms in total. The number of aliphatic carboxylic acids is 1. The Morgan fingerprint density at radius 3 is 2.74 bits per heavy atom. The molecule has 1 aliphatic heterocycles. The Kier molecular flexibility index (Phi) is 4.06. The van der Waals surface area contributed by atoms with E-state index in [-0.39, 0.29) is 11.9 Å². The van der Waals surface area contributed by atoms with Gasteiger partial charge in [-0.25, -0.2) is 0 Å². The summed E-state index contributed by atoms with van der Waals surface area (Å²) in [5.41, 5.74) is 1.81. The fraction of sp³-hybridized carbons (Fsp3) is 0.294. The van der Waals surface area contributed by atoms with Crippen LogP contribution in [-0.2, 0) is 16.1 Å². The highest BCUT2D eigenvalue weighted by molar-refractivity contribution is 5.93. The van der Waals surface area contributed by atoms with Crippen LogP contribution in [0.4, 0.5) is 0 Å². The number of amides is 1. The minimum absolute atomic E-state index is 0.346. The first-order valence-electron chi connectivity index (χ1n) is 7.41. The molecular formula is C17H18N2O4. The molecule has 120 valence electrons. The van der Waals surface area contributed by atoms with Gasteiger partial charge in [0.2, 0.25) is 5.91 Å². The van der Waals surface area contributed by atoms with Crippen molar-refractivity contribution >= 4 is 11.9 Å². The zero-order valence-corrected chi connectivity index (χ0v) is 12.8. The second-order valence-electron chi connectivity index (χ2n) is 5.43. The summed E-state index contributed by atoms with van der Waals surface area (Å²) in [6.07, 6.45) is 1.46. The van der Waals surface area contributed by atoms with E-state index in [1.807, 2.05) is 42.6 Å². The number of carboxylic acids is 1. The lowest BCUT2D eigenvalue weighted by molar-refractivity contribution is -0.145. The first-order chi connectivity index (χ1) is 11.1. The van der Waals surface area contributed by atoms with Crippen LogP contribution in [0.15, 0.2) is 42.6 Å². The van der Waals surface area contributed by atoms with Crippen LogP contribution < -0.4 is 4.74 Å². The molecule has 2 heterocycles. The monoisotopic (exact) mass is 314 g/mol. The molecule has 0 spiro atoms. The second kappa shape index (κ2) is 6.16. The SMILES string of the molecule is COc1ccccc1[C@H]1c2cccn2CCN1C(=O)CC(=O)O. The van der Waals surface area contributed by atoms with Gasteiger partial charge >= 0.3 is 5.97 Å². The van der Waals surface area contributed by atoms with Crippen molar-refractivity contribution in [2.45, 2.75) is 19.0 Å². The number of carbonyl (C=O) groups excluding carboxylic acids is 1. The van der Waals surface area contributed by atoms with Gasteiger partial charge in [0.05, 0.1) is 7.11 Å². The van der Waals surface area contributed by atoms with Crippen LogP contribution in [0.2, 0.25) is 0 Å². The van der Waals surface area contributed by atoms with E-state index in [4.69, 9.17) is 9.84 Å². The Morgan fingerprint density at radius 2 is 2.00 bits per heavy atom. The lowest BCUT2D eigenvalue weighted by Crippen LogP contribution is -2.43. The van der Waals surface area contributed by atoms with E-state index in [0.717, 1.165) is 11.3 Å². The van der Waals surface area contributed by atoms with Gasteiger partial charge in [-0.1, -0.05) is 18.2 Å². The van der Waals surface area contributed by atoms with Crippen molar-refractivity contribution in [3.8, 4) is 5.75 Å². The standard InChI is InChI=1S/C17H18N2O4/c1-23-14-7-3-2-5-12(14)17-13-6-4-8-18(13)9-10-19(17)15(20)11-16(21)22/h2-8,17H,9-11H2,1H3,(H,21,22)/t17-/m0/s1. The number of rotatable bonds is 4. The minimum Gasteiger partial charge on any atom is -0.496 e. The van der Waals surface area contributed by atoms with Gasteiger partial charge < -0.3 is 19.3 Å². The number of fused-ring (bicyclic) bond motifs is 1. The van der Waals surface area contributed by atoms with Gasteiger partial charge in [-0.15, -0.1) is 0 Å². The van der Waals surface area contributed by atoms with Crippen LogP contribution >= 0.6 is 0 Å². The van der Waals surface area contributed by atoms with Gasteiger partial charge in [0.15, 0.2) is 0 Å². The summed E-state index contributed by atoms with van der Waals surface area (Å²) < 4.78 is 7.52. The predicted octanol–water partition coefficient (Wildman–Crippen LogP) is 1.90. The fourth-order valence-electron chi connectivity index (χ4n) is 3.10. The van der Waals surface area contributed by atoms with Gasteiger partial charge in [-0.05, 0) is 18.2 Å². The van der Waals surface area contributed by atoms with Gasteiger partial charge in [0, 0.05) is 30.5 Å². The zero-order chi connectivity index (χ0) is 16.4. The van der Waals surface area contributed by atoms with Crippen LogP contribution in [0.3, 0.4) is 0 Å². The van der Waals surface area contributed by atoms with Gasteiger partial charge in [-0.3, -0.25) is 9.59 Å². The fourth-order valence-corrected chi connectivity index (χ4v) is 3.10. The second-order valence-corrected chi connectivity index (χ2v) is 5.43. The molecule has 3 rings (SSSR count). The third-order valence-corrected chi connectivity index (χ3v) is 4.09. The quantitative estimate of drug-likeness (QED) is 0.875. The van der Waals surface area contributed by atoms with Gasteiger partial charge in [0.1, 0.15) is 18.2 Å². The molecule has 0 fully saturated rings. The maximum absolute atomic E-state index is 12.4. The van der Waals surface area contributed by atoms with E-state index < -0.39 is 12.4 Å². The van der Waals surface area contributed by atoms with Crippen LogP contribution in [0.5, 0.6) is 5.75 Å². The zero-order valence-electron chi connectivity index (χ0n) is 12.8. The Balaban J connectivity index is 2.07. The molecule has 0 bridgehead atoms. The van der Waals surface area contributed by atoms with Crippen molar-refractivity contribution in [3.63, 3.8) is 0 Å². The summed E-state index contributed by atoms with van der Waals surface area (Å²) in [4.78, 5) is 25.0. The first kappa shape index (κ1) is 15.1. The molecule has 0 aliphatic carbocycles. The molecule has 6 heteroatoms. The summed E-state index contributed by atoms with van der Waals surface area (Å²) in [6.45, 7) is 1.12. The third-order valence-electron chi connectivity index (χ3n) is 4.09.